The maximum absolute atomic E-state index is 8.53. The minimum Gasteiger partial charge on any atom is -0.466 e. The Morgan fingerprint density at radius 2 is 2.47 bits per heavy atom. The fraction of sp³-hybridized carbons (Fsp3) is 0.600. The predicted octanol–water partition coefficient (Wildman–Crippen LogP) is 3.12. The first-order valence-electron chi connectivity index (χ1n) is 5.03. The normalized spacial score (nSPS) is 22.3. The lowest BCUT2D eigenvalue weighted by atomic mass is 10.1. The number of azide groups is 1. The smallest absolute Gasteiger partial charge is 0.122 e. The standard InChI is InChI=1S/C10H13N3O2/c1-7-4-5-9(15-7)10(12-13-11)8-3-2-6-14-8/h4-5,8,10H,2-3,6H2,1H3. The van der Waals surface area contributed by atoms with Gasteiger partial charge in [-0.05, 0) is 37.4 Å². The van der Waals surface area contributed by atoms with E-state index in [2.05, 4.69) is 10.0 Å². The Balaban J connectivity index is 2.22. The fourth-order valence-corrected chi connectivity index (χ4v) is 1.83. The van der Waals surface area contributed by atoms with Gasteiger partial charge in [-0.2, -0.15) is 0 Å². The van der Waals surface area contributed by atoms with E-state index in [1.54, 1.807) is 0 Å². The van der Waals surface area contributed by atoms with Crippen LogP contribution in [0.2, 0.25) is 0 Å². The van der Waals surface area contributed by atoms with Crippen LogP contribution in [0.25, 0.3) is 10.4 Å². The first-order valence-corrected chi connectivity index (χ1v) is 5.03. The molecule has 1 fully saturated rings. The maximum Gasteiger partial charge on any atom is 0.122 e. The van der Waals surface area contributed by atoms with E-state index in [0.717, 1.165) is 25.2 Å². The molecule has 0 radical (unpaired) electrons. The lowest BCUT2D eigenvalue weighted by molar-refractivity contribution is 0.0837. The van der Waals surface area contributed by atoms with Crippen LogP contribution in [0.4, 0.5) is 0 Å². The second-order valence-electron chi connectivity index (χ2n) is 3.65. The van der Waals surface area contributed by atoms with E-state index in [9.17, 15) is 0 Å². The van der Waals surface area contributed by atoms with Gasteiger partial charge in [-0.15, -0.1) is 0 Å². The number of ether oxygens (including phenoxy) is 1. The van der Waals surface area contributed by atoms with Crippen molar-refractivity contribution in [3.05, 3.63) is 34.1 Å². The minimum atomic E-state index is -0.328. The van der Waals surface area contributed by atoms with Crippen molar-refractivity contribution in [2.75, 3.05) is 6.61 Å². The van der Waals surface area contributed by atoms with Crippen LogP contribution in [0.1, 0.15) is 30.4 Å². The zero-order valence-corrected chi connectivity index (χ0v) is 8.59. The number of furan rings is 1. The van der Waals surface area contributed by atoms with Crippen molar-refractivity contribution in [2.24, 2.45) is 5.11 Å². The summed E-state index contributed by atoms with van der Waals surface area (Å²) in [4.78, 5) is 2.85. The monoisotopic (exact) mass is 207 g/mol. The first kappa shape index (κ1) is 10.1. The molecule has 1 aliphatic heterocycles. The number of nitrogens with zero attached hydrogens (tertiary/aromatic N) is 3. The van der Waals surface area contributed by atoms with Crippen molar-refractivity contribution in [3.63, 3.8) is 0 Å². The largest absolute Gasteiger partial charge is 0.466 e. The molecule has 15 heavy (non-hydrogen) atoms. The third kappa shape index (κ3) is 2.14. The molecule has 2 heterocycles. The lowest BCUT2D eigenvalue weighted by Gasteiger charge is -2.15. The van der Waals surface area contributed by atoms with E-state index in [4.69, 9.17) is 14.7 Å². The molecule has 1 aliphatic rings. The number of rotatable bonds is 3. The zero-order chi connectivity index (χ0) is 10.7. The Hall–Kier alpha value is -1.45. The Labute approximate surface area is 87.7 Å². The number of aryl methyl sites for hydroxylation is 1. The summed E-state index contributed by atoms with van der Waals surface area (Å²) in [5, 5.41) is 3.75. The molecule has 2 atom stereocenters. The molecule has 0 spiro atoms. The average molecular weight is 207 g/mol. The number of hydrogen-bond acceptors (Lipinski definition) is 3. The van der Waals surface area contributed by atoms with Crippen molar-refractivity contribution in [1.29, 1.82) is 0 Å². The Morgan fingerprint density at radius 1 is 1.60 bits per heavy atom. The molecular formula is C10H13N3O2. The van der Waals surface area contributed by atoms with Gasteiger partial charge in [-0.25, -0.2) is 0 Å². The van der Waals surface area contributed by atoms with Crippen LogP contribution in [0, 0.1) is 6.92 Å². The predicted molar refractivity (Wildman–Crippen MR) is 54.3 cm³/mol. The van der Waals surface area contributed by atoms with Gasteiger partial charge in [-0.1, -0.05) is 5.11 Å². The topological polar surface area (TPSA) is 71.1 Å². The Bertz CT molecular complexity index is 376. The molecule has 1 aromatic rings. The second kappa shape index (κ2) is 4.38. The zero-order valence-electron chi connectivity index (χ0n) is 8.59. The summed E-state index contributed by atoms with van der Waals surface area (Å²) in [5.41, 5.74) is 8.53. The average Bonchev–Trinajstić information content (AvgIpc) is 2.85. The van der Waals surface area contributed by atoms with Gasteiger partial charge in [0.2, 0.25) is 0 Å². The highest BCUT2D eigenvalue weighted by molar-refractivity contribution is 5.11. The highest BCUT2D eigenvalue weighted by Crippen LogP contribution is 2.31. The van der Waals surface area contributed by atoms with Gasteiger partial charge in [0.05, 0.1) is 6.10 Å². The van der Waals surface area contributed by atoms with Crippen LogP contribution in [0.5, 0.6) is 0 Å². The summed E-state index contributed by atoms with van der Waals surface area (Å²) in [6, 6.07) is 3.38. The van der Waals surface area contributed by atoms with Gasteiger partial charge < -0.3 is 9.15 Å². The van der Waals surface area contributed by atoms with Crippen LogP contribution in [-0.4, -0.2) is 12.7 Å². The summed E-state index contributed by atoms with van der Waals surface area (Å²) in [6.45, 7) is 2.61. The summed E-state index contributed by atoms with van der Waals surface area (Å²) in [5.74, 6) is 1.51. The lowest BCUT2D eigenvalue weighted by Crippen LogP contribution is -2.14. The van der Waals surface area contributed by atoms with Crippen molar-refractivity contribution >= 4 is 0 Å². The summed E-state index contributed by atoms with van der Waals surface area (Å²) >= 11 is 0. The van der Waals surface area contributed by atoms with Crippen LogP contribution in [0.15, 0.2) is 21.7 Å². The van der Waals surface area contributed by atoms with E-state index in [1.165, 1.54) is 0 Å². The molecule has 5 nitrogen and oxygen atoms in total. The molecule has 1 saturated heterocycles. The molecule has 0 aliphatic carbocycles. The van der Waals surface area contributed by atoms with Crippen LogP contribution in [0.3, 0.4) is 0 Å². The molecule has 1 aromatic heterocycles. The van der Waals surface area contributed by atoms with E-state index in [-0.39, 0.29) is 12.1 Å². The van der Waals surface area contributed by atoms with Crippen LogP contribution >= 0.6 is 0 Å². The molecule has 80 valence electrons. The van der Waals surface area contributed by atoms with Crippen molar-refractivity contribution in [1.82, 2.24) is 0 Å². The van der Waals surface area contributed by atoms with E-state index >= 15 is 0 Å². The number of hydrogen-bond donors (Lipinski definition) is 0. The molecule has 0 N–H and O–H groups in total. The van der Waals surface area contributed by atoms with Crippen LogP contribution in [-0.2, 0) is 4.74 Å². The third-order valence-electron chi connectivity index (χ3n) is 2.55. The first-order chi connectivity index (χ1) is 7.31. The molecule has 2 unspecified atom stereocenters. The van der Waals surface area contributed by atoms with Crippen molar-refractivity contribution < 1.29 is 9.15 Å². The summed E-state index contributed by atoms with van der Waals surface area (Å²) < 4.78 is 11.0. The Kier molecular flexibility index (Phi) is 2.94. The van der Waals surface area contributed by atoms with E-state index < -0.39 is 0 Å². The second-order valence-corrected chi connectivity index (χ2v) is 3.65. The van der Waals surface area contributed by atoms with E-state index in [1.807, 2.05) is 19.1 Å². The quantitative estimate of drug-likeness (QED) is 0.434. The molecule has 0 amide bonds. The Morgan fingerprint density at radius 3 is 3.00 bits per heavy atom. The maximum atomic E-state index is 8.53. The summed E-state index contributed by atoms with van der Waals surface area (Å²) in [7, 11) is 0. The van der Waals surface area contributed by atoms with Gasteiger partial charge in [0.25, 0.3) is 0 Å². The van der Waals surface area contributed by atoms with Crippen molar-refractivity contribution in [3.8, 4) is 0 Å². The van der Waals surface area contributed by atoms with E-state index in [0.29, 0.717) is 5.76 Å². The van der Waals surface area contributed by atoms with Gasteiger partial charge in [0, 0.05) is 11.5 Å². The van der Waals surface area contributed by atoms with Gasteiger partial charge in [0.15, 0.2) is 0 Å². The fourth-order valence-electron chi connectivity index (χ4n) is 1.83. The molecule has 5 heteroatoms. The summed E-state index contributed by atoms with van der Waals surface area (Å²) in [6.07, 6.45) is 1.90. The van der Waals surface area contributed by atoms with Crippen molar-refractivity contribution in [2.45, 2.75) is 31.9 Å². The molecule has 0 aromatic carbocycles. The molecular weight excluding hydrogens is 194 g/mol. The highest BCUT2D eigenvalue weighted by Gasteiger charge is 2.28. The molecule has 0 bridgehead atoms. The minimum absolute atomic E-state index is 0.0357. The highest BCUT2D eigenvalue weighted by atomic mass is 16.5. The van der Waals surface area contributed by atoms with Gasteiger partial charge >= 0.3 is 0 Å². The van der Waals surface area contributed by atoms with Gasteiger partial charge in [-0.3, -0.25) is 0 Å². The SMILES string of the molecule is Cc1ccc(C(N=[N+]=[N-])C2CCCO2)o1. The molecule has 0 saturated carbocycles. The third-order valence-corrected chi connectivity index (χ3v) is 2.55. The van der Waals surface area contributed by atoms with Crippen LogP contribution < -0.4 is 0 Å². The molecule has 2 rings (SSSR count). The van der Waals surface area contributed by atoms with Gasteiger partial charge in [0.1, 0.15) is 17.6 Å².